The number of nitrogens with two attached hydrogens (primary N) is 1. The van der Waals surface area contributed by atoms with Crippen LogP contribution in [0.2, 0.25) is 0 Å². The minimum Gasteiger partial charge on any atom is -0.340 e. The molecule has 0 amide bonds. The van der Waals surface area contributed by atoms with Gasteiger partial charge in [-0.3, -0.25) is 0 Å². The zero-order valence-electron chi connectivity index (χ0n) is 31.0. The Balaban J connectivity index is 2.16. The Morgan fingerprint density at radius 3 is 1.40 bits per heavy atom. The minimum atomic E-state index is 0.0269. The monoisotopic (exact) mass is 631 g/mol. The first kappa shape index (κ1) is 37.7. The van der Waals surface area contributed by atoms with E-state index in [0.717, 1.165) is 108 Å². The Bertz CT molecular complexity index is 939. The van der Waals surface area contributed by atoms with E-state index in [1.807, 2.05) is 0 Å². The van der Waals surface area contributed by atoms with Crippen LogP contribution in [0.3, 0.4) is 0 Å². The molecule has 10 heteroatoms. The van der Waals surface area contributed by atoms with E-state index >= 15 is 0 Å². The van der Waals surface area contributed by atoms with Crippen molar-refractivity contribution >= 4 is 17.8 Å². The summed E-state index contributed by atoms with van der Waals surface area (Å²) in [5, 5.41) is 11.2. The first-order valence-electron chi connectivity index (χ1n) is 18.1. The maximum Gasteiger partial charge on any atom is 0.232 e. The second-order valence-electron chi connectivity index (χ2n) is 16.4. The highest BCUT2D eigenvalue weighted by Gasteiger charge is 2.43. The molecule has 10 nitrogen and oxygen atoms in total. The molecular formula is C35H70N10. The van der Waals surface area contributed by atoms with Crippen molar-refractivity contribution in [2.24, 2.45) is 5.73 Å². The number of nitrogens with zero attached hydrogens (tertiary/aromatic N) is 6. The second kappa shape index (κ2) is 15.9. The highest BCUT2D eigenvalue weighted by atomic mass is 15.4. The number of aromatic nitrogens is 3. The van der Waals surface area contributed by atoms with Gasteiger partial charge in [-0.05, 0) is 101 Å². The van der Waals surface area contributed by atoms with Crippen LogP contribution in [-0.2, 0) is 0 Å². The molecule has 3 rings (SSSR count). The van der Waals surface area contributed by atoms with Crippen LogP contribution in [0.4, 0.5) is 17.8 Å². The lowest BCUT2D eigenvalue weighted by atomic mass is 9.79. The van der Waals surface area contributed by atoms with Crippen molar-refractivity contribution in [2.75, 3.05) is 60.5 Å². The van der Waals surface area contributed by atoms with E-state index in [2.05, 4.69) is 107 Å². The fourth-order valence-electron chi connectivity index (χ4n) is 8.11. The SMILES string of the molecule is CCCCN(c1nc(N(CC)CCNCCN)nc(N(CCCC)C2CC(C)(C)NC(C)(C)C2)n1)C1CC(C)(C)NC(C)(C)C1. The van der Waals surface area contributed by atoms with Crippen LogP contribution in [0.1, 0.15) is 128 Å². The molecule has 0 unspecified atom stereocenters. The van der Waals surface area contributed by atoms with E-state index < -0.39 is 0 Å². The molecule has 0 atom stereocenters. The van der Waals surface area contributed by atoms with Gasteiger partial charge in [-0.1, -0.05) is 26.7 Å². The summed E-state index contributed by atoms with van der Waals surface area (Å²) in [5.41, 5.74) is 5.87. The Morgan fingerprint density at radius 1 is 0.644 bits per heavy atom. The van der Waals surface area contributed by atoms with E-state index in [-0.39, 0.29) is 22.2 Å². The largest absolute Gasteiger partial charge is 0.340 e. The van der Waals surface area contributed by atoms with Crippen molar-refractivity contribution in [3.63, 3.8) is 0 Å². The molecule has 2 aliphatic heterocycles. The number of unbranched alkanes of at least 4 members (excludes halogenated alkanes) is 2. The molecule has 2 aliphatic rings. The summed E-state index contributed by atoms with van der Waals surface area (Å²) in [5.74, 6) is 2.46. The Hall–Kier alpha value is -1.75. The van der Waals surface area contributed by atoms with E-state index in [1.165, 1.54) is 0 Å². The lowest BCUT2D eigenvalue weighted by Gasteiger charge is -2.50. The Labute approximate surface area is 276 Å². The lowest BCUT2D eigenvalue weighted by Crippen LogP contribution is -2.63. The molecule has 0 spiro atoms. The third-order valence-corrected chi connectivity index (χ3v) is 9.38. The molecule has 3 heterocycles. The Morgan fingerprint density at radius 2 is 1.04 bits per heavy atom. The van der Waals surface area contributed by atoms with E-state index in [1.54, 1.807) is 0 Å². The zero-order chi connectivity index (χ0) is 33.5. The fourth-order valence-corrected chi connectivity index (χ4v) is 8.11. The number of likely N-dealkylation sites (N-methyl/N-ethyl adjacent to an activating group) is 1. The van der Waals surface area contributed by atoms with Gasteiger partial charge in [-0.15, -0.1) is 0 Å². The number of hydrogen-bond acceptors (Lipinski definition) is 10. The summed E-state index contributed by atoms with van der Waals surface area (Å²) in [6, 6.07) is 0.682. The van der Waals surface area contributed by atoms with Gasteiger partial charge in [-0.2, -0.15) is 15.0 Å². The molecule has 45 heavy (non-hydrogen) atoms. The molecule has 0 saturated carbocycles. The quantitative estimate of drug-likeness (QED) is 0.174. The number of piperidine rings is 2. The van der Waals surface area contributed by atoms with Gasteiger partial charge in [0.2, 0.25) is 17.8 Å². The highest BCUT2D eigenvalue weighted by Crippen LogP contribution is 2.36. The second-order valence-corrected chi connectivity index (χ2v) is 16.4. The van der Waals surface area contributed by atoms with Crippen molar-refractivity contribution in [3.8, 4) is 0 Å². The molecule has 260 valence electrons. The number of nitrogens with one attached hydrogen (secondary N) is 3. The van der Waals surface area contributed by atoms with Gasteiger partial charge in [0.1, 0.15) is 0 Å². The van der Waals surface area contributed by atoms with Crippen LogP contribution in [-0.4, -0.2) is 95.0 Å². The van der Waals surface area contributed by atoms with E-state index in [9.17, 15) is 0 Å². The average Bonchev–Trinajstić information content (AvgIpc) is 2.90. The molecule has 5 N–H and O–H groups in total. The maximum absolute atomic E-state index is 5.76. The summed E-state index contributed by atoms with van der Waals surface area (Å²) in [6.45, 7) is 31.3. The van der Waals surface area contributed by atoms with Gasteiger partial charge in [0.25, 0.3) is 0 Å². The van der Waals surface area contributed by atoms with Gasteiger partial charge in [-0.25, -0.2) is 0 Å². The molecule has 2 saturated heterocycles. The summed E-state index contributed by atoms with van der Waals surface area (Å²) >= 11 is 0. The van der Waals surface area contributed by atoms with Crippen LogP contribution in [0.15, 0.2) is 0 Å². The standard InChI is InChI=1S/C35H70N10/c1-12-15-20-44(27-23-32(4,5)41-33(6,7)24-27)30-38-29(43(14-3)22-19-37-18-17-36)39-31(40-30)45(21-16-13-2)28-25-34(8,9)42-35(10,11)26-28/h27-28,37,41-42H,12-26,36H2,1-11H3. The lowest BCUT2D eigenvalue weighted by molar-refractivity contribution is 0.157. The number of hydrogen-bond donors (Lipinski definition) is 4. The van der Waals surface area contributed by atoms with Crippen LogP contribution < -0.4 is 36.4 Å². The van der Waals surface area contributed by atoms with Crippen LogP contribution in [0, 0.1) is 0 Å². The number of rotatable bonds is 17. The summed E-state index contributed by atoms with van der Waals surface area (Å²) in [4.78, 5) is 23.4. The normalized spacial score (nSPS) is 21.1. The fraction of sp³-hybridized carbons (Fsp3) is 0.914. The van der Waals surface area contributed by atoms with Crippen molar-refractivity contribution in [3.05, 3.63) is 0 Å². The highest BCUT2D eigenvalue weighted by molar-refractivity contribution is 5.48. The van der Waals surface area contributed by atoms with E-state index in [0.29, 0.717) is 18.6 Å². The first-order chi connectivity index (χ1) is 21.0. The average molecular weight is 631 g/mol. The van der Waals surface area contributed by atoms with Crippen molar-refractivity contribution in [1.82, 2.24) is 30.9 Å². The zero-order valence-corrected chi connectivity index (χ0v) is 31.0. The third-order valence-electron chi connectivity index (χ3n) is 9.38. The summed E-state index contributed by atoms with van der Waals surface area (Å²) in [6.07, 6.45) is 8.68. The predicted molar refractivity (Wildman–Crippen MR) is 193 cm³/mol. The summed E-state index contributed by atoms with van der Waals surface area (Å²) < 4.78 is 0. The minimum absolute atomic E-state index is 0.0269. The van der Waals surface area contributed by atoms with Gasteiger partial charge in [0.05, 0.1) is 0 Å². The molecule has 2 fully saturated rings. The van der Waals surface area contributed by atoms with Gasteiger partial charge in [0, 0.05) is 80.1 Å². The summed E-state index contributed by atoms with van der Waals surface area (Å²) in [7, 11) is 0. The van der Waals surface area contributed by atoms with Crippen LogP contribution in [0.25, 0.3) is 0 Å². The van der Waals surface area contributed by atoms with Gasteiger partial charge in [0.15, 0.2) is 0 Å². The smallest absolute Gasteiger partial charge is 0.232 e. The molecule has 0 aliphatic carbocycles. The molecule has 0 radical (unpaired) electrons. The molecule has 0 bridgehead atoms. The van der Waals surface area contributed by atoms with Crippen LogP contribution in [0.5, 0.6) is 0 Å². The molecular weight excluding hydrogens is 560 g/mol. The number of anilines is 3. The van der Waals surface area contributed by atoms with E-state index in [4.69, 9.17) is 20.7 Å². The van der Waals surface area contributed by atoms with Crippen LogP contribution >= 0.6 is 0 Å². The van der Waals surface area contributed by atoms with Gasteiger partial charge >= 0.3 is 0 Å². The third kappa shape index (κ3) is 11.2. The maximum atomic E-state index is 5.76. The van der Waals surface area contributed by atoms with Crippen molar-refractivity contribution in [2.45, 2.75) is 162 Å². The molecule has 0 aromatic carbocycles. The van der Waals surface area contributed by atoms with Crippen molar-refractivity contribution < 1.29 is 0 Å². The predicted octanol–water partition coefficient (Wildman–Crippen LogP) is 5.08. The molecule has 1 aromatic rings. The van der Waals surface area contributed by atoms with Gasteiger partial charge < -0.3 is 36.4 Å². The molecule has 1 aromatic heterocycles. The topological polar surface area (TPSA) is 110 Å². The Kier molecular flexibility index (Phi) is 13.3. The first-order valence-corrected chi connectivity index (χ1v) is 18.1. The van der Waals surface area contributed by atoms with Crippen molar-refractivity contribution in [1.29, 1.82) is 0 Å².